The summed E-state index contributed by atoms with van der Waals surface area (Å²) >= 11 is 0. The van der Waals surface area contributed by atoms with Gasteiger partial charge in [0.25, 0.3) is 0 Å². The first-order chi connectivity index (χ1) is 10.7. The number of amides is 1. The number of carbonyl (C=O) groups excluding carboxylic acids is 1. The number of likely N-dealkylation sites (tertiary alicyclic amines) is 1. The van der Waals surface area contributed by atoms with E-state index in [1.54, 1.807) is 12.4 Å². The van der Waals surface area contributed by atoms with Crippen molar-refractivity contribution >= 4 is 5.91 Å². The molecule has 1 saturated heterocycles. The molecular formula is C16H20N4O2. The Morgan fingerprint density at radius 1 is 1.36 bits per heavy atom. The third-order valence-corrected chi connectivity index (χ3v) is 3.96. The topological polar surface area (TPSA) is 72.1 Å². The Morgan fingerprint density at radius 3 is 2.95 bits per heavy atom. The monoisotopic (exact) mass is 300 g/mol. The molecule has 0 N–H and O–H groups in total. The van der Waals surface area contributed by atoms with E-state index in [9.17, 15) is 4.79 Å². The molecule has 1 fully saturated rings. The minimum atomic E-state index is 0.176. The van der Waals surface area contributed by atoms with Gasteiger partial charge in [-0.05, 0) is 30.9 Å². The van der Waals surface area contributed by atoms with Crippen LogP contribution in [0.1, 0.15) is 32.1 Å². The Balaban J connectivity index is 1.56. The number of carbonyl (C=O) groups is 1. The normalized spacial score (nSPS) is 18.4. The van der Waals surface area contributed by atoms with Crippen molar-refractivity contribution in [3.8, 4) is 11.5 Å². The van der Waals surface area contributed by atoms with Crippen LogP contribution in [0.3, 0.4) is 0 Å². The van der Waals surface area contributed by atoms with Crippen molar-refractivity contribution in [2.24, 2.45) is 5.92 Å². The first-order valence-corrected chi connectivity index (χ1v) is 7.73. The number of aryl methyl sites for hydroxylation is 1. The van der Waals surface area contributed by atoms with Crippen LogP contribution in [0.25, 0.3) is 11.5 Å². The largest absolute Gasteiger partial charge is 0.421 e. The lowest BCUT2D eigenvalue weighted by atomic mass is 10.00. The molecule has 3 heterocycles. The van der Waals surface area contributed by atoms with Crippen LogP contribution in [0.15, 0.2) is 28.9 Å². The molecule has 3 rings (SSSR count). The minimum absolute atomic E-state index is 0.176. The van der Waals surface area contributed by atoms with Crippen molar-refractivity contribution in [1.82, 2.24) is 20.1 Å². The third kappa shape index (κ3) is 3.50. The zero-order valence-corrected chi connectivity index (χ0v) is 12.7. The molecule has 1 aliphatic heterocycles. The fourth-order valence-corrected chi connectivity index (χ4v) is 2.75. The van der Waals surface area contributed by atoms with Crippen LogP contribution < -0.4 is 0 Å². The Hall–Kier alpha value is -2.24. The van der Waals surface area contributed by atoms with Crippen molar-refractivity contribution in [2.75, 3.05) is 13.1 Å². The van der Waals surface area contributed by atoms with E-state index in [0.29, 0.717) is 30.5 Å². The molecule has 0 radical (unpaired) electrons. The van der Waals surface area contributed by atoms with Gasteiger partial charge in [-0.15, -0.1) is 10.2 Å². The average Bonchev–Trinajstić information content (AvgIpc) is 3.02. The van der Waals surface area contributed by atoms with Gasteiger partial charge in [0, 0.05) is 43.9 Å². The Kier molecular flexibility index (Phi) is 4.46. The van der Waals surface area contributed by atoms with Gasteiger partial charge in [0.2, 0.25) is 17.7 Å². The van der Waals surface area contributed by atoms with E-state index in [1.807, 2.05) is 17.0 Å². The Labute approximate surface area is 129 Å². The number of nitrogens with zero attached hydrogens (tertiary/aromatic N) is 4. The quantitative estimate of drug-likeness (QED) is 0.866. The molecule has 0 aliphatic carbocycles. The molecule has 1 aliphatic rings. The number of rotatable bonds is 4. The molecule has 2 aromatic rings. The first-order valence-electron chi connectivity index (χ1n) is 7.73. The lowest BCUT2D eigenvalue weighted by molar-refractivity contribution is -0.132. The number of hydrogen-bond donors (Lipinski definition) is 0. The maximum atomic E-state index is 12.2. The van der Waals surface area contributed by atoms with Gasteiger partial charge < -0.3 is 9.32 Å². The van der Waals surface area contributed by atoms with Gasteiger partial charge in [0.05, 0.1) is 0 Å². The van der Waals surface area contributed by atoms with Crippen molar-refractivity contribution in [1.29, 1.82) is 0 Å². The molecule has 22 heavy (non-hydrogen) atoms. The van der Waals surface area contributed by atoms with Crippen LogP contribution in [0.2, 0.25) is 0 Å². The summed E-state index contributed by atoms with van der Waals surface area (Å²) in [5.41, 5.74) is 0.838. The molecule has 6 nitrogen and oxygen atoms in total. The van der Waals surface area contributed by atoms with Crippen molar-refractivity contribution in [3.05, 3.63) is 30.4 Å². The van der Waals surface area contributed by atoms with Crippen LogP contribution in [0.5, 0.6) is 0 Å². The fraction of sp³-hybridized carbons (Fsp3) is 0.500. The SMILES string of the molecule is CC1CCCN(C(=O)CCc2nnc(-c3ccncc3)o2)C1. The molecule has 0 saturated carbocycles. The smallest absolute Gasteiger partial charge is 0.247 e. The van der Waals surface area contributed by atoms with Crippen molar-refractivity contribution in [3.63, 3.8) is 0 Å². The summed E-state index contributed by atoms with van der Waals surface area (Å²) in [6, 6.07) is 3.63. The van der Waals surface area contributed by atoms with E-state index in [-0.39, 0.29) is 5.91 Å². The molecule has 1 amide bonds. The molecule has 1 unspecified atom stereocenters. The molecule has 0 spiro atoms. The van der Waals surface area contributed by atoms with Gasteiger partial charge in [0.1, 0.15) is 0 Å². The summed E-state index contributed by atoms with van der Waals surface area (Å²) < 4.78 is 5.61. The molecule has 0 bridgehead atoms. The van der Waals surface area contributed by atoms with Crippen LogP contribution in [-0.2, 0) is 11.2 Å². The highest BCUT2D eigenvalue weighted by Crippen LogP contribution is 2.19. The number of aromatic nitrogens is 3. The molecule has 116 valence electrons. The van der Waals surface area contributed by atoms with Crippen LogP contribution >= 0.6 is 0 Å². The van der Waals surface area contributed by atoms with Crippen molar-refractivity contribution in [2.45, 2.75) is 32.6 Å². The van der Waals surface area contributed by atoms with E-state index < -0.39 is 0 Å². The summed E-state index contributed by atoms with van der Waals surface area (Å²) in [6.45, 7) is 3.93. The van der Waals surface area contributed by atoms with Crippen LogP contribution in [0, 0.1) is 5.92 Å². The second-order valence-electron chi connectivity index (χ2n) is 5.82. The maximum Gasteiger partial charge on any atom is 0.247 e. The summed E-state index contributed by atoms with van der Waals surface area (Å²) in [4.78, 5) is 18.1. The molecule has 1 atom stereocenters. The summed E-state index contributed by atoms with van der Waals surface area (Å²) in [5, 5.41) is 8.04. The lowest BCUT2D eigenvalue weighted by Gasteiger charge is -2.30. The minimum Gasteiger partial charge on any atom is -0.421 e. The molecular weight excluding hydrogens is 280 g/mol. The van der Waals surface area contributed by atoms with Gasteiger partial charge in [-0.2, -0.15) is 0 Å². The average molecular weight is 300 g/mol. The van der Waals surface area contributed by atoms with Gasteiger partial charge in [-0.25, -0.2) is 0 Å². The second kappa shape index (κ2) is 6.68. The Bertz CT molecular complexity index is 626. The predicted octanol–water partition coefficient (Wildman–Crippen LogP) is 2.32. The summed E-state index contributed by atoms with van der Waals surface area (Å²) in [7, 11) is 0. The highest BCUT2D eigenvalue weighted by Gasteiger charge is 2.21. The zero-order chi connectivity index (χ0) is 15.4. The van der Waals surface area contributed by atoms with E-state index in [2.05, 4.69) is 22.1 Å². The molecule has 0 aromatic carbocycles. The second-order valence-corrected chi connectivity index (χ2v) is 5.82. The molecule has 6 heteroatoms. The van der Waals surface area contributed by atoms with Gasteiger partial charge >= 0.3 is 0 Å². The van der Waals surface area contributed by atoms with Crippen molar-refractivity contribution < 1.29 is 9.21 Å². The lowest BCUT2D eigenvalue weighted by Crippen LogP contribution is -2.39. The number of pyridine rings is 1. The highest BCUT2D eigenvalue weighted by molar-refractivity contribution is 5.76. The summed E-state index contributed by atoms with van der Waals surface area (Å²) in [6.07, 6.45) is 6.58. The molecule has 2 aromatic heterocycles. The van der Waals surface area contributed by atoms with E-state index in [1.165, 1.54) is 6.42 Å². The first kappa shape index (κ1) is 14.7. The standard InChI is InChI=1S/C16H20N4O2/c1-12-3-2-10-20(11-12)15(21)5-4-14-18-19-16(22-14)13-6-8-17-9-7-13/h6-9,12H,2-5,10-11H2,1H3. The number of piperidine rings is 1. The predicted molar refractivity (Wildman–Crippen MR) is 80.8 cm³/mol. The zero-order valence-electron chi connectivity index (χ0n) is 12.7. The third-order valence-electron chi connectivity index (χ3n) is 3.96. The van der Waals surface area contributed by atoms with Gasteiger partial charge in [0.15, 0.2) is 0 Å². The van der Waals surface area contributed by atoms with Gasteiger partial charge in [-0.1, -0.05) is 6.92 Å². The fourth-order valence-electron chi connectivity index (χ4n) is 2.75. The highest BCUT2D eigenvalue weighted by atomic mass is 16.4. The van der Waals surface area contributed by atoms with Crippen LogP contribution in [-0.4, -0.2) is 39.1 Å². The van der Waals surface area contributed by atoms with E-state index in [0.717, 1.165) is 25.1 Å². The van der Waals surface area contributed by atoms with Crippen LogP contribution in [0.4, 0.5) is 0 Å². The van der Waals surface area contributed by atoms with E-state index >= 15 is 0 Å². The summed E-state index contributed by atoms with van der Waals surface area (Å²) in [5.74, 6) is 1.75. The van der Waals surface area contributed by atoms with E-state index in [4.69, 9.17) is 4.42 Å². The number of hydrogen-bond acceptors (Lipinski definition) is 5. The van der Waals surface area contributed by atoms with Gasteiger partial charge in [-0.3, -0.25) is 9.78 Å². The maximum absolute atomic E-state index is 12.2. The Morgan fingerprint density at radius 2 is 2.18 bits per heavy atom.